The molecule has 0 unspecified atom stereocenters. The molecule has 3 rings (SSSR count). The molecule has 0 saturated carbocycles. The third kappa shape index (κ3) is 15.1. The highest BCUT2D eigenvalue weighted by Gasteiger charge is 2.39. The number of piperidine rings is 1. The van der Waals surface area contributed by atoms with E-state index in [1.54, 1.807) is 13.3 Å². The number of carboxylic acid groups (broad SMARTS) is 3. The number of unbranched alkanes of at least 4 members (excludes halogenated alkanes) is 2. The molecule has 258 valence electrons. The highest BCUT2D eigenvalue weighted by Crippen LogP contribution is 2.26. The van der Waals surface area contributed by atoms with E-state index in [2.05, 4.69) is 27.2 Å². The van der Waals surface area contributed by atoms with Crippen LogP contribution in [0.3, 0.4) is 0 Å². The van der Waals surface area contributed by atoms with Crippen molar-refractivity contribution in [3.8, 4) is 17.0 Å². The molecule has 18 heteroatoms. The quantitative estimate of drug-likeness (QED) is 0.163. The van der Waals surface area contributed by atoms with Gasteiger partial charge in [-0.05, 0) is 58.0 Å². The topological polar surface area (TPSA) is 182 Å². The van der Waals surface area contributed by atoms with Crippen molar-refractivity contribution in [2.24, 2.45) is 5.92 Å². The van der Waals surface area contributed by atoms with E-state index in [0.29, 0.717) is 12.8 Å². The Balaban J connectivity index is 0.000000629. The van der Waals surface area contributed by atoms with Gasteiger partial charge in [0.15, 0.2) is 0 Å². The molecule has 1 fully saturated rings. The second kappa shape index (κ2) is 18.6. The largest absolute Gasteiger partial charge is 0.497 e. The molecular formula is C28H36F6N4O8. The number of alkyl halides is 6. The van der Waals surface area contributed by atoms with Crippen molar-refractivity contribution >= 4 is 23.8 Å². The molecule has 0 radical (unpaired) electrons. The number of ether oxygens (including phenoxy) is 1. The zero-order chi connectivity index (χ0) is 35.1. The average Bonchev–Trinajstić information content (AvgIpc) is 3.46. The Labute approximate surface area is 259 Å². The van der Waals surface area contributed by atoms with Crippen LogP contribution in [-0.4, -0.2) is 93.6 Å². The van der Waals surface area contributed by atoms with Gasteiger partial charge in [-0.1, -0.05) is 25.0 Å². The maximum absolute atomic E-state index is 13.0. The minimum absolute atomic E-state index is 0.0218. The second-order valence-corrected chi connectivity index (χ2v) is 10.2. The van der Waals surface area contributed by atoms with Crippen molar-refractivity contribution in [3.63, 3.8) is 0 Å². The van der Waals surface area contributed by atoms with Crippen LogP contribution >= 0.6 is 0 Å². The first-order valence-electron chi connectivity index (χ1n) is 13.8. The number of amides is 1. The standard InChI is InChI=1S/C24H34N4O4.2C2HF3O2/c1-28-13-11-17(12-14-28)24(31)27-20(9-4-3-5-10-22(29)30)23-25-16-21(26-23)18-7-6-8-19(15-18)32-2;2*3-2(4,5)1(6)7/h6-8,15-17,20H,3-5,9-14H2,1-2H3,(H,25,26)(H,27,31)(H,29,30);2*(H,6,7)/t20-;;/m0../s1. The van der Waals surface area contributed by atoms with Crippen LogP contribution in [0.1, 0.15) is 56.8 Å². The van der Waals surface area contributed by atoms with Crippen molar-refractivity contribution in [3.05, 3.63) is 36.3 Å². The number of aromatic amines is 1. The van der Waals surface area contributed by atoms with Gasteiger partial charge in [-0.15, -0.1) is 0 Å². The molecule has 0 bridgehead atoms. The Kier molecular flexibility index (Phi) is 16.0. The molecule has 0 spiro atoms. The summed E-state index contributed by atoms with van der Waals surface area (Å²) in [5.74, 6) is -4.70. The fourth-order valence-electron chi connectivity index (χ4n) is 4.09. The van der Waals surface area contributed by atoms with Crippen molar-refractivity contribution in [1.82, 2.24) is 20.2 Å². The monoisotopic (exact) mass is 670 g/mol. The molecule has 1 aromatic heterocycles. The normalized spacial score (nSPS) is 14.5. The summed E-state index contributed by atoms with van der Waals surface area (Å²) in [6.45, 7) is 1.86. The van der Waals surface area contributed by atoms with Crippen LogP contribution in [0.5, 0.6) is 5.75 Å². The average molecular weight is 671 g/mol. The number of carboxylic acids is 3. The van der Waals surface area contributed by atoms with E-state index in [1.807, 2.05) is 24.3 Å². The lowest BCUT2D eigenvalue weighted by molar-refractivity contribution is -0.193. The Morgan fingerprint density at radius 1 is 1.00 bits per heavy atom. The van der Waals surface area contributed by atoms with Gasteiger partial charge in [0.1, 0.15) is 11.6 Å². The SMILES string of the molecule is COc1cccc(-c2cnc([C@H](CCCCCC(=O)O)NC(=O)C3CCN(C)CC3)[nH]2)c1.O=C(O)C(F)(F)F.O=C(O)C(F)(F)F. The zero-order valence-corrected chi connectivity index (χ0v) is 25.0. The van der Waals surface area contributed by atoms with Gasteiger partial charge in [0.05, 0.1) is 25.0 Å². The molecule has 1 amide bonds. The number of nitrogens with zero attached hydrogens (tertiary/aromatic N) is 2. The van der Waals surface area contributed by atoms with E-state index in [4.69, 9.17) is 29.6 Å². The number of imidazole rings is 1. The summed E-state index contributed by atoms with van der Waals surface area (Å²) < 4.78 is 68.8. The first-order chi connectivity index (χ1) is 21.3. The van der Waals surface area contributed by atoms with Gasteiger partial charge in [-0.2, -0.15) is 26.3 Å². The number of hydrogen-bond donors (Lipinski definition) is 5. The van der Waals surface area contributed by atoms with E-state index >= 15 is 0 Å². The Morgan fingerprint density at radius 2 is 1.57 bits per heavy atom. The molecule has 1 atom stereocenters. The number of rotatable bonds is 11. The first kappa shape index (κ1) is 39.7. The fourth-order valence-corrected chi connectivity index (χ4v) is 4.09. The van der Waals surface area contributed by atoms with E-state index in [0.717, 1.165) is 61.6 Å². The van der Waals surface area contributed by atoms with Crippen LogP contribution in [0.4, 0.5) is 26.3 Å². The molecule has 46 heavy (non-hydrogen) atoms. The number of benzene rings is 1. The van der Waals surface area contributed by atoms with Crippen LogP contribution in [0.15, 0.2) is 30.5 Å². The molecule has 1 aromatic carbocycles. The van der Waals surface area contributed by atoms with Gasteiger partial charge in [0, 0.05) is 17.9 Å². The fraction of sp³-hybridized carbons (Fsp3) is 0.536. The van der Waals surface area contributed by atoms with E-state index in [9.17, 15) is 35.9 Å². The summed E-state index contributed by atoms with van der Waals surface area (Å²) in [5, 5.41) is 26.3. The summed E-state index contributed by atoms with van der Waals surface area (Å²) in [6, 6.07) is 7.51. The number of aromatic nitrogens is 2. The lowest BCUT2D eigenvalue weighted by Gasteiger charge is -2.29. The molecule has 5 N–H and O–H groups in total. The molecule has 1 aliphatic heterocycles. The summed E-state index contributed by atoms with van der Waals surface area (Å²) in [6.07, 6.45) is -3.52. The number of likely N-dealkylation sites (tertiary alicyclic amines) is 1. The molecule has 12 nitrogen and oxygen atoms in total. The Morgan fingerprint density at radius 3 is 2.07 bits per heavy atom. The Bertz CT molecular complexity index is 1250. The third-order valence-electron chi connectivity index (χ3n) is 6.58. The molecule has 0 aliphatic carbocycles. The molecular weight excluding hydrogens is 634 g/mol. The maximum atomic E-state index is 13.0. The number of halogens is 6. The summed E-state index contributed by atoms with van der Waals surface area (Å²) in [4.78, 5) is 51.7. The van der Waals surface area contributed by atoms with Crippen LogP contribution < -0.4 is 10.1 Å². The highest BCUT2D eigenvalue weighted by atomic mass is 19.4. The van der Waals surface area contributed by atoms with Gasteiger partial charge >= 0.3 is 30.3 Å². The van der Waals surface area contributed by atoms with E-state index in [-0.39, 0.29) is 24.3 Å². The highest BCUT2D eigenvalue weighted by molar-refractivity contribution is 5.79. The summed E-state index contributed by atoms with van der Waals surface area (Å²) in [7, 11) is 3.72. The Hall–Kier alpha value is -4.35. The zero-order valence-electron chi connectivity index (χ0n) is 25.0. The number of methoxy groups -OCH3 is 1. The lowest BCUT2D eigenvalue weighted by Crippen LogP contribution is -2.40. The maximum Gasteiger partial charge on any atom is 0.490 e. The van der Waals surface area contributed by atoms with Gasteiger partial charge in [-0.25, -0.2) is 14.6 Å². The number of carbonyl (C=O) groups is 4. The number of aliphatic carboxylic acids is 3. The molecule has 2 aromatic rings. The molecule has 2 heterocycles. The van der Waals surface area contributed by atoms with Crippen LogP contribution in [0.2, 0.25) is 0 Å². The van der Waals surface area contributed by atoms with Gasteiger partial charge < -0.3 is 35.3 Å². The van der Waals surface area contributed by atoms with E-state index < -0.39 is 30.3 Å². The van der Waals surface area contributed by atoms with E-state index in [1.165, 1.54) is 0 Å². The first-order valence-corrected chi connectivity index (χ1v) is 13.8. The summed E-state index contributed by atoms with van der Waals surface area (Å²) in [5.41, 5.74) is 1.83. The smallest absolute Gasteiger partial charge is 0.490 e. The van der Waals surface area contributed by atoms with Crippen molar-refractivity contribution in [1.29, 1.82) is 0 Å². The van der Waals surface area contributed by atoms with Gasteiger partial charge in [0.25, 0.3) is 0 Å². The summed E-state index contributed by atoms with van der Waals surface area (Å²) >= 11 is 0. The predicted molar refractivity (Wildman–Crippen MR) is 150 cm³/mol. The van der Waals surface area contributed by atoms with Crippen molar-refractivity contribution in [2.75, 3.05) is 27.2 Å². The number of hydrogen-bond acceptors (Lipinski definition) is 7. The lowest BCUT2D eigenvalue weighted by atomic mass is 9.95. The molecule has 1 aliphatic rings. The van der Waals surface area contributed by atoms with Gasteiger partial charge in [0.2, 0.25) is 5.91 Å². The molecule has 1 saturated heterocycles. The number of nitrogens with one attached hydrogen (secondary N) is 2. The predicted octanol–water partition coefficient (Wildman–Crippen LogP) is 4.89. The van der Waals surface area contributed by atoms with Gasteiger partial charge in [-0.3, -0.25) is 9.59 Å². The number of carbonyl (C=O) groups excluding carboxylic acids is 1. The van der Waals surface area contributed by atoms with Crippen molar-refractivity contribution < 1.29 is 65.6 Å². The number of H-pyrrole nitrogens is 1. The minimum atomic E-state index is -5.08. The third-order valence-corrected chi connectivity index (χ3v) is 6.58. The van der Waals surface area contributed by atoms with Crippen molar-refractivity contribution in [2.45, 2.75) is 63.3 Å². The second-order valence-electron chi connectivity index (χ2n) is 10.2. The van der Waals surface area contributed by atoms with Crippen LogP contribution in [0, 0.1) is 5.92 Å². The minimum Gasteiger partial charge on any atom is -0.497 e. The van der Waals surface area contributed by atoms with Crippen LogP contribution in [-0.2, 0) is 19.2 Å². The van der Waals surface area contributed by atoms with Crippen LogP contribution in [0.25, 0.3) is 11.3 Å².